The van der Waals surface area contributed by atoms with E-state index < -0.39 is 5.97 Å². The van der Waals surface area contributed by atoms with Gasteiger partial charge in [-0.05, 0) is 31.8 Å². The lowest BCUT2D eigenvalue weighted by molar-refractivity contribution is -0.136. The summed E-state index contributed by atoms with van der Waals surface area (Å²) in [5.74, 6) is 9.14. The van der Waals surface area contributed by atoms with Gasteiger partial charge >= 0.3 is 5.97 Å². The van der Waals surface area contributed by atoms with Crippen molar-refractivity contribution in [3.05, 3.63) is 12.2 Å². The monoisotopic (exact) mass is 232 g/mol. The lowest BCUT2D eigenvalue weighted by Crippen LogP contribution is -2.01. The van der Waals surface area contributed by atoms with Gasteiger partial charge < -0.3 is 4.74 Å². The van der Waals surface area contributed by atoms with Crippen LogP contribution in [0, 0.1) is 23.7 Å². The Kier molecular flexibility index (Phi) is 8.15. The maximum atomic E-state index is 11.2. The van der Waals surface area contributed by atoms with Crippen LogP contribution in [0.25, 0.3) is 0 Å². The molecule has 0 atom stereocenters. The smallest absolute Gasteiger partial charge is 0.384 e. The maximum Gasteiger partial charge on any atom is 0.384 e. The van der Waals surface area contributed by atoms with Crippen LogP contribution in [-0.2, 0) is 14.3 Å². The lowest BCUT2D eigenvalue weighted by Gasteiger charge is -1.91. The number of esters is 1. The molecule has 0 fully saturated rings. The van der Waals surface area contributed by atoms with Crippen molar-refractivity contribution < 1.29 is 14.3 Å². The number of Topliss-reactive ketones (excluding diaryl/α,β-unsaturated/α-hetero) is 1. The molecule has 0 aliphatic heterocycles. The van der Waals surface area contributed by atoms with Crippen LogP contribution < -0.4 is 0 Å². The molecule has 0 saturated heterocycles. The summed E-state index contributed by atoms with van der Waals surface area (Å²) in [6.45, 7) is 7.41. The third kappa shape index (κ3) is 10.3. The van der Waals surface area contributed by atoms with Crippen LogP contribution in [0.1, 0.15) is 33.1 Å². The molecule has 0 spiro atoms. The second kappa shape index (κ2) is 9.24. The molecule has 0 heterocycles. The minimum Gasteiger partial charge on any atom is -0.456 e. The zero-order chi connectivity index (χ0) is 13.1. The third-order valence-electron chi connectivity index (χ3n) is 1.59. The molecule has 0 aliphatic carbocycles. The van der Waals surface area contributed by atoms with Crippen LogP contribution in [0.3, 0.4) is 0 Å². The van der Waals surface area contributed by atoms with Gasteiger partial charge in [-0.1, -0.05) is 18.4 Å². The summed E-state index contributed by atoms with van der Waals surface area (Å²) in [5.41, 5.74) is 0.804. The number of ketones is 1. The van der Waals surface area contributed by atoms with Gasteiger partial charge in [-0.15, -0.1) is 0 Å². The summed E-state index contributed by atoms with van der Waals surface area (Å²) in [5, 5.41) is 0. The van der Waals surface area contributed by atoms with Crippen molar-refractivity contribution in [2.75, 3.05) is 6.61 Å². The highest BCUT2D eigenvalue weighted by atomic mass is 16.5. The third-order valence-corrected chi connectivity index (χ3v) is 1.59. The van der Waals surface area contributed by atoms with Gasteiger partial charge in [0.25, 0.3) is 0 Å². The summed E-state index contributed by atoms with van der Waals surface area (Å²) in [7, 11) is 0. The first-order chi connectivity index (χ1) is 8.06. The SMILES string of the molecule is C=C(C)C#CCCCC(=O)C#CC(=O)OCC. The molecule has 0 aromatic heterocycles. The Bertz CT molecular complexity index is 410. The van der Waals surface area contributed by atoms with Crippen molar-refractivity contribution in [3.63, 3.8) is 0 Å². The summed E-state index contributed by atoms with van der Waals surface area (Å²) in [6.07, 6.45) is 1.56. The minimum atomic E-state index is -0.664. The number of rotatable bonds is 4. The largest absolute Gasteiger partial charge is 0.456 e. The van der Waals surface area contributed by atoms with E-state index in [9.17, 15) is 9.59 Å². The van der Waals surface area contributed by atoms with E-state index in [1.165, 1.54) is 0 Å². The van der Waals surface area contributed by atoms with Gasteiger partial charge in [0.05, 0.1) is 6.61 Å². The predicted octanol–water partition coefficient (Wildman–Crippen LogP) is 1.87. The fourth-order valence-corrected chi connectivity index (χ4v) is 0.901. The topological polar surface area (TPSA) is 43.4 Å². The number of unbranched alkanes of at least 4 members (excludes halogenated alkanes) is 1. The fraction of sp³-hybridized carbons (Fsp3) is 0.429. The quantitative estimate of drug-likeness (QED) is 0.244. The van der Waals surface area contributed by atoms with Crippen LogP contribution in [-0.4, -0.2) is 18.4 Å². The van der Waals surface area contributed by atoms with Crippen molar-refractivity contribution in [3.8, 4) is 23.7 Å². The predicted molar refractivity (Wildman–Crippen MR) is 65.9 cm³/mol. The van der Waals surface area contributed by atoms with Gasteiger partial charge in [0, 0.05) is 18.8 Å². The van der Waals surface area contributed by atoms with Gasteiger partial charge in [0.1, 0.15) is 0 Å². The number of allylic oxidation sites excluding steroid dienone is 1. The summed E-state index contributed by atoms with van der Waals surface area (Å²) in [6, 6.07) is 0. The Labute approximate surface area is 102 Å². The molecule has 3 heteroatoms. The number of ether oxygens (including phenoxy) is 1. The average Bonchev–Trinajstić information content (AvgIpc) is 2.26. The van der Waals surface area contributed by atoms with Gasteiger partial charge in [0.15, 0.2) is 0 Å². The Morgan fingerprint density at radius 3 is 2.53 bits per heavy atom. The zero-order valence-electron chi connectivity index (χ0n) is 10.3. The van der Waals surface area contributed by atoms with Crippen molar-refractivity contribution in [1.29, 1.82) is 0 Å². The van der Waals surface area contributed by atoms with E-state index >= 15 is 0 Å². The lowest BCUT2D eigenvalue weighted by atomic mass is 10.2. The number of carbonyl (C=O) groups is 2. The highest BCUT2D eigenvalue weighted by molar-refractivity contribution is 6.01. The van der Waals surface area contributed by atoms with Crippen LogP contribution in [0.5, 0.6) is 0 Å². The summed E-state index contributed by atoms with van der Waals surface area (Å²) >= 11 is 0. The second-order valence-corrected chi connectivity index (χ2v) is 3.33. The van der Waals surface area contributed by atoms with E-state index in [0.717, 1.165) is 5.57 Å². The number of hydrogen-bond acceptors (Lipinski definition) is 3. The minimum absolute atomic E-state index is 0.262. The van der Waals surface area contributed by atoms with Crippen LogP contribution >= 0.6 is 0 Å². The first kappa shape index (κ1) is 15.0. The molecule has 0 amide bonds. The molecular formula is C14H16O3. The Hall–Kier alpha value is -2.00. The molecule has 0 aromatic rings. The molecule has 0 N–H and O–H groups in total. The molecule has 0 rings (SSSR count). The molecular weight excluding hydrogens is 216 g/mol. The number of carbonyl (C=O) groups excluding carboxylic acids is 2. The van der Waals surface area contributed by atoms with E-state index in [1.807, 2.05) is 6.92 Å². The van der Waals surface area contributed by atoms with E-state index in [0.29, 0.717) is 19.3 Å². The Morgan fingerprint density at radius 1 is 1.24 bits per heavy atom. The standard InChI is InChI=1S/C14H16O3/c1-4-17-14(16)11-10-13(15)9-7-5-6-8-12(2)3/h2,4-5,7,9H2,1,3H3. The van der Waals surface area contributed by atoms with Gasteiger partial charge in [-0.3, -0.25) is 4.79 Å². The molecule has 0 bridgehead atoms. The van der Waals surface area contributed by atoms with Crippen molar-refractivity contribution in [2.45, 2.75) is 33.1 Å². The molecule has 17 heavy (non-hydrogen) atoms. The summed E-state index contributed by atoms with van der Waals surface area (Å²) in [4.78, 5) is 22.0. The van der Waals surface area contributed by atoms with Crippen molar-refractivity contribution in [2.24, 2.45) is 0 Å². The zero-order valence-corrected chi connectivity index (χ0v) is 10.3. The average molecular weight is 232 g/mol. The molecule has 0 saturated carbocycles. The Balaban J connectivity index is 3.85. The fourth-order valence-electron chi connectivity index (χ4n) is 0.901. The van der Waals surface area contributed by atoms with Crippen LogP contribution in [0.15, 0.2) is 12.2 Å². The van der Waals surface area contributed by atoms with E-state index in [4.69, 9.17) is 0 Å². The second-order valence-electron chi connectivity index (χ2n) is 3.33. The first-order valence-corrected chi connectivity index (χ1v) is 5.42. The normalized spacial score (nSPS) is 8.12. The van der Waals surface area contributed by atoms with Gasteiger partial charge in [-0.25, -0.2) is 4.79 Å². The summed E-state index contributed by atoms with van der Waals surface area (Å²) < 4.78 is 4.56. The molecule has 0 aliphatic rings. The molecule has 90 valence electrons. The highest BCUT2D eigenvalue weighted by Crippen LogP contribution is 1.95. The van der Waals surface area contributed by atoms with Crippen molar-refractivity contribution >= 4 is 11.8 Å². The van der Waals surface area contributed by atoms with Crippen LogP contribution in [0.2, 0.25) is 0 Å². The van der Waals surface area contributed by atoms with E-state index in [2.05, 4.69) is 35.0 Å². The first-order valence-electron chi connectivity index (χ1n) is 5.42. The van der Waals surface area contributed by atoms with Crippen LogP contribution in [0.4, 0.5) is 0 Å². The molecule has 0 unspecified atom stereocenters. The maximum absolute atomic E-state index is 11.2. The van der Waals surface area contributed by atoms with Crippen molar-refractivity contribution in [1.82, 2.24) is 0 Å². The van der Waals surface area contributed by atoms with Gasteiger partial charge in [0.2, 0.25) is 5.78 Å². The molecule has 0 aromatic carbocycles. The van der Waals surface area contributed by atoms with Gasteiger partial charge in [-0.2, -0.15) is 0 Å². The highest BCUT2D eigenvalue weighted by Gasteiger charge is 1.98. The van der Waals surface area contributed by atoms with E-state index in [-0.39, 0.29) is 12.4 Å². The van der Waals surface area contributed by atoms with E-state index in [1.54, 1.807) is 6.92 Å². The molecule has 0 radical (unpaired) electrons. The Morgan fingerprint density at radius 2 is 1.94 bits per heavy atom. The molecule has 3 nitrogen and oxygen atoms in total. The number of hydrogen-bond donors (Lipinski definition) is 0.